The summed E-state index contributed by atoms with van der Waals surface area (Å²) in [5.41, 5.74) is 6.86. The van der Waals surface area contributed by atoms with Gasteiger partial charge in [0.2, 0.25) is 0 Å². The molecule has 0 heterocycles. The Balaban J connectivity index is 2.14. The van der Waals surface area contributed by atoms with E-state index in [0.29, 0.717) is 6.61 Å². The highest BCUT2D eigenvalue weighted by atomic mass is 16.5. The number of nitrogens with two attached hydrogens (primary N) is 1. The van der Waals surface area contributed by atoms with Crippen molar-refractivity contribution in [2.75, 3.05) is 6.61 Å². The zero-order valence-corrected chi connectivity index (χ0v) is 12.6. The van der Waals surface area contributed by atoms with Gasteiger partial charge in [0, 0.05) is 6.04 Å². The first kappa shape index (κ1) is 15.5. The van der Waals surface area contributed by atoms with Crippen molar-refractivity contribution in [3.05, 3.63) is 66.2 Å². The minimum Gasteiger partial charge on any atom is -0.483 e. The summed E-state index contributed by atoms with van der Waals surface area (Å²) in [5.74, 6) is 0.836. The Labute approximate surface area is 126 Å². The fourth-order valence-corrected chi connectivity index (χ4v) is 2.11. The van der Waals surface area contributed by atoms with Gasteiger partial charge >= 0.3 is 0 Å². The predicted octanol–water partition coefficient (Wildman–Crippen LogP) is 3.56. The van der Waals surface area contributed by atoms with E-state index in [-0.39, 0.29) is 18.2 Å². The van der Waals surface area contributed by atoms with Crippen LogP contribution in [0.2, 0.25) is 0 Å². The summed E-state index contributed by atoms with van der Waals surface area (Å²) in [5, 5.41) is 0. The fraction of sp³-hybridized carbons (Fsp3) is 0.333. The highest BCUT2D eigenvalue weighted by molar-refractivity contribution is 5.25. The molecule has 2 rings (SSSR count). The molecule has 0 saturated heterocycles. The van der Waals surface area contributed by atoms with Crippen molar-refractivity contribution >= 4 is 0 Å². The van der Waals surface area contributed by atoms with Gasteiger partial charge < -0.3 is 15.2 Å². The number of hydrogen-bond donors (Lipinski definition) is 1. The van der Waals surface area contributed by atoms with Gasteiger partial charge in [-0.05, 0) is 31.5 Å². The summed E-state index contributed by atoms with van der Waals surface area (Å²) >= 11 is 0. The molecule has 0 unspecified atom stereocenters. The van der Waals surface area contributed by atoms with Crippen LogP contribution in [0.3, 0.4) is 0 Å². The molecule has 3 heteroatoms. The van der Waals surface area contributed by atoms with E-state index in [4.69, 9.17) is 15.2 Å². The molecule has 2 aromatic rings. The van der Waals surface area contributed by atoms with E-state index in [1.165, 1.54) is 0 Å². The lowest BCUT2D eigenvalue weighted by Gasteiger charge is -2.26. The largest absolute Gasteiger partial charge is 0.483 e. The summed E-state index contributed by atoms with van der Waals surface area (Å²) in [6.45, 7) is 4.47. The number of hydrogen-bond acceptors (Lipinski definition) is 3. The highest BCUT2D eigenvalue weighted by Crippen LogP contribution is 2.26. The molecule has 0 aliphatic rings. The Kier molecular flexibility index (Phi) is 5.78. The normalized spacial score (nSPS) is 15.2. The van der Waals surface area contributed by atoms with Gasteiger partial charge in [0.15, 0.2) is 0 Å². The zero-order chi connectivity index (χ0) is 15.1. The van der Waals surface area contributed by atoms with Gasteiger partial charge in [-0.2, -0.15) is 0 Å². The summed E-state index contributed by atoms with van der Waals surface area (Å²) in [4.78, 5) is 0. The molecule has 3 atom stereocenters. The molecule has 0 spiro atoms. The maximum Gasteiger partial charge on any atom is 0.149 e. The minimum absolute atomic E-state index is 0.0144. The van der Waals surface area contributed by atoms with Crippen molar-refractivity contribution in [3.63, 3.8) is 0 Å². The first-order valence-corrected chi connectivity index (χ1v) is 7.30. The van der Waals surface area contributed by atoms with Crippen molar-refractivity contribution in [3.8, 4) is 5.75 Å². The smallest absolute Gasteiger partial charge is 0.149 e. The molecular weight excluding hydrogens is 262 g/mol. The minimum atomic E-state index is -0.160. The third kappa shape index (κ3) is 4.88. The fourth-order valence-electron chi connectivity index (χ4n) is 2.11. The molecule has 0 aliphatic heterocycles. The quantitative estimate of drug-likeness (QED) is 0.846. The van der Waals surface area contributed by atoms with Gasteiger partial charge in [0.25, 0.3) is 0 Å². The molecule has 0 radical (unpaired) electrons. The van der Waals surface area contributed by atoms with Crippen LogP contribution in [0.5, 0.6) is 5.75 Å². The number of rotatable bonds is 7. The topological polar surface area (TPSA) is 44.5 Å². The van der Waals surface area contributed by atoms with E-state index in [1.807, 2.05) is 62.4 Å². The van der Waals surface area contributed by atoms with Crippen LogP contribution in [0.25, 0.3) is 0 Å². The van der Waals surface area contributed by atoms with Gasteiger partial charge in [-0.15, -0.1) is 0 Å². The van der Waals surface area contributed by atoms with Crippen molar-refractivity contribution < 1.29 is 9.47 Å². The van der Waals surface area contributed by atoms with Crippen molar-refractivity contribution in [2.45, 2.75) is 32.1 Å². The van der Waals surface area contributed by atoms with Crippen LogP contribution in [0.1, 0.15) is 25.5 Å². The lowest BCUT2D eigenvalue weighted by Crippen LogP contribution is -2.30. The summed E-state index contributed by atoms with van der Waals surface area (Å²) < 4.78 is 12.0. The van der Waals surface area contributed by atoms with Gasteiger partial charge in [-0.3, -0.25) is 0 Å². The third-order valence-corrected chi connectivity index (χ3v) is 3.18. The summed E-state index contributed by atoms with van der Waals surface area (Å²) in [7, 11) is 0. The molecule has 0 saturated carbocycles. The number of benzene rings is 2. The van der Waals surface area contributed by atoms with Gasteiger partial charge in [-0.25, -0.2) is 0 Å². The highest BCUT2D eigenvalue weighted by Gasteiger charge is 2.22. The molecule has 0 bridgehead atoms. The molecule has 2 aromatic carbocycles. The Bertz CT molecular complexity index is 513. The molecule has 0 fully saturated rings. The number of para-hydroxylation sites is 1. The van der Waals surface area contributed by atoms with E-state index in [1.54, 1.807) is 0 Å². The molecule has 0 amide bonds. The van der Waals surface area contributed by atoms with Crippen molar-refractivity contribution in [1.82, 2.24) is 0 Å². The van der Waals surface area contributed by atoms with E-state index >= 15 is 0 Å². The predicted molar refractivity (Wildman–Crippen MR) is 85.3 cm³/mol. The van der Waals surface area contributed by atoms with Crippen molar-refractivity contribution in [2.24, 2.45) is 5.73 Å². The second kappa shape index (κ2) is 7.81. The van der Waals surface area contributed by atoms with Crippen LogP contribution in [0.4, 0.5) is 0 Å². The summed E-state index contributed by atoms with van der Waals surface area (Å²) in [6, 6.07) is 19.9. The maximum atomic E-state index is 6.13. The molecule has 21 heavy (non-hydrogen) atoms. The van der Waals surface area contributed by atoms with Crippen LogP contribution < -0.4 is 10.5 Å². The standard InChI is InChI=1S/C18H23NO2/c1-14(19)13-20-15(2)18(16-9-5-3-6-10-16)21-17-11-7-4-8-12-17/h3-12,14-15,18H,13,19H2,1-2H3/t14-,15-,18-/m0/s1. The monoisotopic (exact) mass is 285 g/mol. The van der Waals surface area contributed by atoms with E-state index in [9.17, 15) is 0 Å². The molecule has 2 N–H and O–H groups in total. The van der Waals surface area contributed by atoms with Crippen LogP contribution in [-0.2, 0) is 4.74 Å². The van der Waals surface area contributed by atoms with Crippen LogP contribution in [0, 0.1) is 0 Å². The maximum absolute atomic E-state index is 6.13. The lowest BCUT2D eigenvalue weighted by atomic mass is 10.1. The summed E-state index contributed by atoms with van der Waals surface area (Å²) in [6.07, 6.45) is -0.244. The van der Waals surface area contributed by atoms with Crippen LogP contribution >= 0.6 is 0 Å². The molecule has 0 aromatic heterocycles. The molecule has 0 aliphatic carbocycles. The average Bonchev–Trinajstić information content (AvgIpc) is 2.52. The van der Waals surface area contributed by atoms with E-state index in [2.05, 4.69) is 12.1 Å². The number of ether oxygens (including phenoxy) is 2. The second-order valence-electron chi connectivity index (χ2n) is 5.28. The lowest BCUT2D eigenvalue weighted by molar-refractivity contribution is -0.0197. The van der Waals surface area contributed by atoms with Crippen LogP contribution in [0.15, 0.2) is 60.7 Å². The first-order valence-electron chi connectivity index (χ1n) is 7.30. The zero-order valence-electron chi connectivity index (χ0n) is 12.6. The van der Waals surface area contributed by atoms with E-state index in [0.717, 1.165) is 11.3 Å². The van der Waals surface area contributed by atoms with Gasteiger partial charge in [-0.1, -0.05) is 48.5 Å². The SMILES string of the molecule is C[C@H](N)CO[C@@H](C)[C@H](Oc1ccccc1)c1ccccc1. The Morgan fingerprint density at radius 3 is 2.05 bits per heavy atom. The van der Waals surface area contributed by atoms with Gasteiger partial charge in [0.05, 0.1) is 12.7 Å². The second-order valence-corrected chi connectivity index (χ2v) is 5.28. The molecule has 112 valence electrons. The van der Waals surface area contributed by atoms with Crippen LogP contribution in [-0.4, -0.2) is 18.8 Å². The Hall–Kier alpha value is -1.84. The third-order valence-electron chi connectivity index (χ3n) is 3.18. The van der Waals surface area contributed by atoms with Crippen molar-refractivity contribution in [1.29, 1.82) is 0 Å². The van der Waals surface area contributed by atoms with E-state index < -0.39 is 0 Å². The molecular formula is C18H23NO2. The average molecular weight is 285 g/mol. The van der Waals surface area contributed by atoms with Gasteiger partial charge in [0.1, 0.15) is 11.9 Å². The Morgan fingerprint density at radius 2 is 1.48 bits per heavy atom. The Morgan fingerprint density at radius 1 is 0.905 bits per heavy atom. The molecule has 3 nitrogen and oxygen atoms in total. The first-order chi connectivity index (χ1) is 10.2.